The van der Waals surface area contributed by atoms with Crippen molar-refractivity contribution in [3.63, 3.8) is 0 Å². The Bertz CT molecular complexity index is 588. The van der Waals surface area contributed by atoms with E-state index in [1.54, 1.807) is 13.8 Å². The van der Waals surface area contributed by atoms with Crippen molar-refractivity contribution in [1.82, 2.24) is 4.72 Å². The van der Waals surface area contributed by atoms with E-state index in [0.29, 0.717) is 4.47 Å². The highest BCUT2D eigenvalue weighted by molar-refractivity contribution is 9.10. The summed E-state index contributed by atoms with van der Waals surface area (Å²) in [6.07, 6.45) is 0. The third-order valence-corrected chi connectivity index (χ3v) is 4.82. The molecule has 0 saturated heterocycles. The van der Waals surface area contributed by atoms with E-state index in [0.717, 1.165) is 0 Å². The predicted molar refractivity (Wildman–Crippen MR) is 75.7 cm³/mol. The largest absolute Gasteiger partial charge is 0.480 e. The maximum Gasteiger partial charge on any atom is 0.322 e. The number of aliphatic carboxylic acids is 1. The number of benzene rings is 1. The van der Waals surface area contributed by atoms with Crippen molar-refractivity contribution < 1.29 is 18.3 Å². The summed E-state index contributed by atoms with van der Waals surface area (Å²) in [5.74, 6) is -1.62. The van der Waals surface area contributed by atoms with Gasteiger partial charge in [-0.2, -0.15) is 4.72 Å². The Kier molecular flexibility index (Phi) is 5.37. The normalized spacial score (nSPS) is 13.5. The first-order valence-electron chi connectivity index (χ1n) is 5.35. The lowest BCUT2D eigenvalue weighted by atomic mass is 10.1. The highest BCUT2D eigenvalue weighted by Crippen LogP contribution is 2.25. The molecule has 1 aromatic rings. The lowest BCUT2D eigenvalue weighted by molar-refractivity contribution is -0.140. The van der Waals surface area contributed by atoms with Crippen LogP contribution >= 0.6 is 27.5 Å². The number of carboxylic acids is 1. The number of sulfonamides is 1. The summed E-state index contributed by atoms with van der Waals surface area (Å²) >= 11 is 9.03. The van der Waals surface area contributed by atoms with E-state index in [1.165, 1.54) is 18.2 Å². The van der Waals surface area contributed by atoms with Crippen LogP contribution in [0.2, 0.25) is 5.02 Å². The van der Waals surface area contributed by atoms with Gasteiger partial charge in [0.1, 0.15) is 10.9 Å². The molecule has 0 aromatic heterocycles. The van der Waals surface area contributed by atoms with Gasteiger partial charge in [-0.05, 0) is 24.1 Å². The molecule has 0 aliphatic heterocycles. The molecule has 19 heavy (non-hydrogen) atoms. The zero-order valence-corrected chi connectivity index (χ0v) is 13.4. The third kappa shape index (κ3) is 4.17. The average molecular weight is 371 g/mol. The second-order valence-corrected chi connectivity index (χ2v) is 7.26. The lowest BCUT2D eigenvalue weighted by Crippen LogP contribution is -2.44. The minimum Gasteiger partial charge on any atom is -0.480 e. The van der Waals surface area contributed by atoms with Crippen LogP contribution in [0.3, 0.4) is 0 Å². The second kappa shape index (κ2) is 6.21. The van der Waals surface area contributed by atoms with Gasteiger partial charge in [0, 0.05) is 4.47 Å². The fourth-order valence-electron chi connectivity index (χ4n) is 1.40. The van der Waals surface area contributed by atoms with Crippen molar-refractivity contribution >= 4 is 43.5 Å². The van der Waals surface area contributed by atoms with Gasteiger partial charge in [-0.3, -0.25) is 4.79 Å². The first-order chi connectivity index (χ1) is 8.65. The van der Waals surface area contributed by atoms with Gasteiger partial charge in [-0.15, -0.1) is 0 Å². The van der Waals surface area contributed by atoms with Crippen LogP contribution in [0.15, 0.2) is 27.6 Å². The Labute approximate surface area is 125 Å². The Balaban J connectivity index is 3.14. The molecule has 0 saturated carbocycles. The maximum absolute atomic E-state index is 12.1. The number of hydrogen-bond acceptors (Lipinski definition) is 3. The quantitative estimate of drug-likeness (QED) is 0.834. The summed E-state index contributed by atoms with van der Waals surface area (Å²) in [5.41, 5.74) is 0. The maximum atomic E-state index is 12.1. The van der Waals surface area contributed by atoms with Gasteiger partial charge >= 0.3 is 5.97 Å². The van der Waals surface area contributed by atoms with Crippen LogP contribution in [0.4, 0.5) is 0 Å². The van der Waals surface area contributed by atoms with Gasteiger partial charge in [-0.25, -0.2) is 8.42 Å². The smallest absolute Gasteiger partial charge is 0.322 e. The molecule has 0 aliphatic rings. The molecule has 1 rings (SSSR count). The molecule has 2 N–H and O–H groups in total. The van der Waals surface area contributed by atoms with Crippen molar-refractivity contribution in [2.24, 2.45) is 5.92 Å². The lowest BCUT2D eigenvalue weighted by Gasteiger charge is -2.18. The molecule has 5 nitrogen and oxygen atoms in total. The van der Waals surface area contributed by atoms with E-state index in [-0.39, 0.29) is 15.8 Å². The van der Waals surface area contributed by atoms with Crippen LogP contribution < -0.4 is 4.72 Å². The average Bonchev–Trinajstić information content (AvgIpc) is 2.24. The molecule has 8 heteroatoms. The number of carbonyl (C=O) groups is 1. The zero-order valence-electron chi connectivity index (χ0n) is 10.2. The number of carboxylic acid groups (broad SMARTS) is 1. The predicted octanol–water partition coefficient (Wildman–Crippen LogP) is 2.49. The number of rotatable bonds is 5. The first kappa shape index (κ1) is 16.4. The highest BCUT2D eigenvalue weighted by Gasteiger charge is 2.29. The van der Waals surface area contributed by atoms with Crippen LogP contribution in [0, 0.1) is 5.92 Å². The monoisotopic (exact) mass is 369 g/mol. The fourth-order valence-corrected chi connectivity index (χ4v) is 3.77. The minimum absolute atomic E-state index is 0.0229. The Morgan fingerprint density at radius 1 is 1.42 bits per heavy atom. The van der Waals surface area contributed by atoms with Gasteiger partial charge in [0.25, 0.3) is 0 Å². The van der Waals surface area contributed by atoms with Gasteiger partial charge in [0.05, 0.1) is 5.02 Å². The van der Waals surface area contributed by atoms with Crippen LogP contribution in [-0.2, 0) is 14.8 Å². The fraction of sp³-hybridized carbons (Fsp3) is 0.364. The van der Waals surface area contributed by atoms with Crippen LogP contribution in [0.5, 0.6) is 0 Å². The van der Waals surface area contributed by atoms with E-state index in [9.17, 15) is 13.2 Å². The summed E-state index contributed by atoms with van der Waals surface area (Å²) in [5, 5.41) is 9.02. The Hall–Kier alpha value is -0.630. The van der Waals surface area contributed by atoms with E-state index < -0.39 is 22.0 Å². The SMILES string of the molecule is CC(C)C(NS(=O)(=O)c1ccc(Br)cc1Cl)C(=O)O. The first-order valence-corrected chi connectivity index (χ1v) is 8.00. The topological polar surface area (TPSA) is 83.5 Å². The molecule has 0 heterocycles. The van der Waals surface area contributed by atoms with Crippen molar-refractivity contribution in [1.29, 1.82) is 0 Å². The summed E-state index contributed by atoms with van der Waals surface area (Å²) in [4.78, 5) is 10.9. The van der Waals surface area contributed by atoms with Crippen molar-refractivity contribution in [3.8, 4) is 0 Å². The van der Waals surface area contributed by atoms with E-state index in [2.05, 4.69) is 20.7 Å². The summed E-state index contributed by atoms with van der Waals surface area (Å²) < 4.78 is 27.0. The highest BCUT2D eigenvalue weighted by atomic mass is 79.9. The molecule has 1 unspecified atom stereocenters. The molecule has 0 radical (unpaired) electrons. The van der Waals surface area contributed by atoms with Gasteiger partial charge in [-0.1, -0.05) is 41.4 Å². The van der Waals surface area contributed by atoms with E-state index >= 15 is 0 Å². The van der Waals surface area contributed by atoms with Crippen LogP contribution in [0.25, 0.3) is 0 Å². The molecule has 1 atom stereocenters. The van der Waals surface area contributed by atoms with Crippen LogP contribution in [-0.4, -0.2) is 25.5 Å². The molecule has 0 fully saturated rings. The molecule has 0 spiro atoms. The number of halogens is 2. The van der Waals surface area contributed by atoms with Crippen molar-refractivity contribution in [2.45, 2.75) is 24.8 Å². The summed E-state index contributed by atoms with van der Waals surface area (Å²) in [6, 6.07) is 3.06. The summed E-state index contributed by atoms with van der Waals surface area (Å²) in [6.45, 7) is 3.23. The van der Waals surface area contributed by atoms with Crippen molar-refractivity contribution in [2.75, 3.05) is 0 Å². The second-order valence-electron chi connectivity index (χ2n) is 4.26. The van der Waals surface area contributed by atoms with Gasteiger partial charge in [0.15, 0.2) is 0 Å². The Morgan fingerprint density at radius 2 is 2.00 bits per heavy atom. The molecule has 1 aromatic carbocycles. The van der Waals surface area contributed by atoms with Crippen molar-refractivity contribution in [3.05, 3.63) is 27.7 Å². The molecule has 0 amide bonds. The Morgan fingerprint density at radius 3 is 2.42 bits per heavy atom. The van der Waals surface area contributed by atoms with E-state index in [1.807, 2.05) is 0 Å². The summed E-state index contributed by atoms with van der Waals surface area (Å²) in [7, 11) is -3.98. The minimum atomic E-state index is -3.98. The van der Waals surface area contributed by atoms with Crippen LogP contribution in [0.1, 0.15) is 13.8 Å². The standard InChI is InChI=1S/C11H13BrClNO4S/c1-6(2)10(11(15)16)14-19(17,18)9-4-3-7(12)5-8(9)13/h3-6,10,14H,1-2H3,(H,15,16). The molecule has 106 valence electrons. The van der Waals surface area contributed by atoms with Gasteiger partial charge in [0.2, 0.25) is 10.0 Å². The molecule has 0 aliphatic carbocycles. The molecule has 0 bridgehead atoms. The number of hydrogen-bond donors (Lipinski definition) is 2. The third-order valence-electron chi connectivity index (χ3n) is 2.40. The van der Waals surface area contributed by atoms with Gasteiger partial charge < -0.3 is 5.11 Å². The molecular weight excluding hydrogens is 358 g/mol. The van der Waals surface area contributed by atoms with E-state index in [4.69, 9.17) is 16.7 Å². The number of nitrogens with one attached hydrogen (secondary N) is 1. The zero-order chi connectivity index (χ0) is 14.8. The molecular formula is C11H13BrClNO4S.